The average molecular weight is 613 g/mol. The van der Waals surface area contributed by atoms with Crippen LogP contribution >= 0.6 is 0 Å². The van der Waals surface area contributed by atoms with Gasteiger partial charge in [0.15, 0.2) is 0 Å². The molecule has 9 rings (SSSR count). The quantitative estimate of drug-likeness (QED) is 0.188. The fourth-order valence-electron chi connectivity index (χ4n) is 7.67. The second kappa shape index (κ2) is 11.6. The van der Waals surface area contributed by atoms with Gasteiger partial charge in [-0.15, -0.1) is 0 Å². The van der Waals surface area contributed by atoms with Crippen LogP contribution in [-0.2, 0) is 5.41 Å². The number of hydrogen-bond acceptors (Lipinski definition) is 1. The summed E-state index contributed by atoms with van der Waals surface area (Å²) in [6.45, 7) is 0. The summed E-state index contributed by atoms with van der Waals surface area (Å²) in [5, 5.41) is 2.47. The van der Waals surface area contributed by atoms with E-state index in [1.165, 1.54) is 49.7 Å². The third-order valence-corrected chi connectivity index (χ3v) is 9.83. The van der Waals surface area contributed by atoms with Crippen molar-refractivity contribution in [2.24, 2.45) is 0 Å². The summed E-state index contributed by atoms with van der Waals surface area (Å²) in [7, 11) is 0. The molecule has 0 amide bonds. The van der Waals surface area contributed by atoms with Crippen LogP contribution in [0.2, 0.25) is 0 Å². The Morgan fingerprint density at radius 1 is 0.333 bits per heavy atom. The highest BCUT2D eigenvalue weighted by molar-refractivity contribution is 6.01. The van der Waals surface area contributed by atoms with Gasteiger partial charge in [0.25, 0.3) is 0 Å². The topological polar surface area (TPSA) is 9.23 Å². The molecule has 1 aliphatic heterocycles. The van der Waals surface area contributed by atoms with Crippen molar-refractivity contribution < 1.29 is 4.74 Å². The Kier molecular flexibility index (Phi) is 6.76. The summed E-state index contributed by atoms with van der Waals surface area (Å²) in [5.74, 6) is 1.75. The third kappa shape index (κ3) is 4.47. The monoisotopic (exact) mass is 612 g/mol. The van der Waals surface area contributed by atoms with Crippen molar-refractivity contribution >= 4 is 10.8 Å². The fourth-order valence-corrected chi connectivity index (χ4v) is 7.67. The first-order valence-corrected chi connectivity index (χ1v) is 16.5. The molecule has 1 heteroatoms. The van der Waals surface area contributed by atoms with Gasteiger partial charge in [-0.05, 0) is 73.5 Å². The first kappa shape index (κ1) is 28.1. The van der Waals surface area contributed by atoms with Gasteiger partial charge >= 0.3 is 0 Å². The van der Waals surface area contributed by atoms with Gasteiger partial charge in [0.05, 0.1) is 5.41 Å². The summed E-state index contributed by atoms with van der Waals surface area (Å²) in [5.41, 5.74) is 11.2. The minimum atomic E-state index is -0.546. The number of ether oxygens (including phenoxy) is 1. The minimum Gasteiger partial charge on any atom is -0.457 e. The van der Waals surface area contributed by atoms with Crippen LogP contribution in [0.4, 0.5) is 0 Å². The molecule has 0 spiro atoms. The van der Waals surface area contributed by atoms with Crippen LogP contribution < -0.4 is 4.74 Å². The Labute approximate surface area is 281 Å². The van der Waals surface area contributed by atoms with E-state index in [1.807, 2.05) is 0 Å². The predicted octanol–water partition coefficient (Wildman–Crippen LogP) is 12.3. The van der Waals surface area contributed by atoms with Crippen molar-refractivity contribution in [3.8, 4) is 44.9 Å². The van der Waals surface area contributed by atoms with E-state index in [1.54, 1.807) is 0 Å². The lowest BCUT2D eigenvalue weighted by Crippen LogP contribution is -2.34. The number of hydrogen-bond donors (Lipinski definition) is 0. The number of benzene rings is 8. The van der Waals surface area contributed by atoms with Crippen LogP contribution in [-0.4, -0.2) is 0 Å². The van der Waals surface area contributed by atoms with Gasteiger partial charge in [-0.3, -0.25) is 0 Å². The van der Waals surface area contributed by atoms with Crippen LogP contribution in [0.5, 0.6) is 11.5 Å². The van der Waals surface area contributed by atoms with E-state index in [0.717, 1.165) is 28.2 Å². The number of para-hydroxylation sites is 1. The van der Waals surface area contributed by atoms with Crippen molar-refractivity contribution in [3.63, 3.8) is 0 Å². The summed E-state index contributed by atoms with van der Waals surface area (Å²) in [6.07, 6.45) is 0. The Hall–Kier alpha value is -6.18. The van der Waals surface area contributed by atoms with E-state index in [0.29, 0.717) is 0 Å². The first-order valence-electron chi connectivity index (χ1n) is 16.5. The second-order valence-electron chi connectivity index (χ2n) is 12.4. The highest BCUT2D eigenvalue weighted by Crippen LogP contribution is 2.56. The van der Waals surface area contributed by atoms with E-state index in [2.05, 4.69) is 194 Å². The molecule has 1 nitrogen and oxygen atoms in total. The molecule has 0 aromatic heterocycles. The molecule has 0 unspecified atom stereocenters. The van der Waals surface area contributed by atoms with Crippen molar-refractivity contribution in [2.45, 2.75) is 5.41 Å². The van der Waals surface area contributed by atoms with Crippen LogP contribution in [0, 0.1) is 0 Å². The smallest absolute Gasteiger partial charge is 0.132 e. The molecular weight excluding hydrogens is 581 g/mol. The Morgan fingerprint density at radius 3 is 1.71 bits per heavy atom. The maximum absolute atomic E-state index is 6.87. The molecule has 226 valence electrons. The van der Waals surface area contributed by atoms with E-state index in [9.17, 15) is 0 Å². The zero-order valence-electron chi connectivity index (χ0n) is 26.4. The molecule has 0 N–H and O–H groups in total. The van der Waals surface area contributed by atoms with Gasteiger partial charge in [-0.25, -0.2) is 0 Å². The van der Waals surface area contributed by atoms with E-state index in [4.69, 9.17) is 4.74 Å². The van der Waals surface area contributed by atoms with Crippen molar-refractivity contribution in [1.82, 2.24) is 0 Å². The van der Waals surface area contributed by atoms with Gasteiger partial charge < -0.3 is 4.74 Å². The zero-order valence-corrected chi connectivity index (χ0v) is 26.4. The lowest BCUT2D eigenvalue weighted by atomic mass is 9.63. The fraction of sp³-hybridized carbons (Fsp3) is 0.0213. The molecule has 0 saturated carbocycles. The summed E-state index contributed by atoms with van der Waals surface area (Å²) < 4.78 is 6.87. The third-order valence-electron chi connectivity index (χ3n) is 9.83. The van der Waals surface area contributed by atoms with Crippen molar-refractivity contribution in [3.05, 3.63) is 216 Å². The van der Waals surface area contributed by atoms with Gasteiger partial charge in [-0.2, -0.15) is 0 Å². The number of rotatable bonds is 5. The molecule has 0 saturated heterocycles. The molecule has 48 heavy (non-hydrogen) atoms. The zero-order chi connectivity index (χ0) is 31.9. The lowest BCUT2D eigenvalue weighted by Gasteiger charge is -2.41. The molecule has 8 aromatic rings. The molecule has 0 atom stereocenters. The highest BCUT2D eigenvalue weighted by atomic mass is 16.5. The second-order valence-corrected chi connectivity index (χ2v) is 12.4. The maximum atomic E-state index is 6.87. The van der Waals surface area contributed by atoms with Crippen LogP contribution in [0.1, 0.15) is 22.3 Å². The van der Waals surface area contributed by atoms with Crippen LogP contribution in [0.25, 0.3) is 44.2 Å². The largest absolute Gasteiger partial charge is 0.457 e. The normalized spacial score (nSPS) is 12.9. The van der Waals surface area contributed by atoms with Crippen LogP contribution in [0.3, 0.4) is 0 Å². The Morgan fingerprint density at radius 2 is 0.938 bits per heavy atom. The predicted molar refractivity (Wildman–Crippen MR) is 199 cm³/mol. The van der Waals surface area contributed by atoms with Gasteiger partial charge in [0.1, 0.15) is 11.5 Å². The van der Waals surface area contributed by atoms with E-state index in [-0.39, 0.29) is 0 Å². The molecule has 1 heterocycles. The minimum absolute atomic E-state index is 0.546. The first-order chi connectivity index (χ1) is 23.8. The van der Waals surface area contributed by atoms with Crippen molar-refractivity contribution in [1.29, 1.82) is 0 Å². The van der Waals surface area contributed by atoms with Gasteiger partial charge in [-0.1, -0.05) is 176 Å². The highest BCUT2D eigenvalue weighted by Gasteiger charge is 2.45. The SMILES string of the molecule is c1ccc(-c2ccc(-c3cccc4ccccc34)c(-c3ccc4c(c3)Oc3ccccc3C4(c3ccccc3)c3ccccc3)c2)cc1. The summed E-state index contributed by atoms with van der Waals surface area (Å²) >= 11 is 0. The molecular formula is C47H32O. The Bertz CT molecular complexity index is 2360. The Balaban J connectivity index is 1.32. The van der Waals surface area contributed by atoms with Crippen molar-refractivity contribution in [2.75, 3.05) is 0 Å². The summed E-state index contributed by atoms with van der Waals surface area (Å²) in [6, 6.07) is 69.8. The molecule has 8 aromatic carbocycles. The molecule has 0 bridgehead atoms. The molecule has 0 fully saturated rings. The average Bonchev–Trinajstić information content (AvgIpc) is 3.17. The van der Waals surface area contributed by atoms with Gasteiger partial charge in [0.2, 0.25) is 0 Å². The maximum Gasteiger partial charge on any atom is 0.132 e. The lowest BCUT2D eigenvalue weighted by molar-refractivity contribution is 0.435. The standard InChI is InChI=1S/C47H32O/c1-4-15-33(16-5-1)35-27-29-41(40-24-14-18-34-17-10-11-23-39(34)40)42(31-35)36-28-30-44-46(32-36)48-45-26-13-12-25-43(45)47(44,37-19-6-2-7-20-37)38-21-8-3-9-22-38/h1-32H. The van der Waals surface area contributed by atoms with Gasteiger partial charge in [0, 0.05) is 11.1 Å². The number of fused-ring (bicyclic) bond motifs is 3. The molecule has 0 aliphatic carbocycles. The molecule has 0 radical (unpaired) electrons. The van der Waals surface area contributed by atoms with E-state index >= 15 is 0 Å². The van der Waals surface area contributed by atoms with E-state index < -0.39 is 5.41 Å². The summed E-state index contributed by atoms with van der Waals surface area (Å²) in [4.78, 5) is 0. The van der Waals surface area contributed by atoms with Crippen LogP contribution in [0.15, 0.2) is 194 Å². The molecule has 1 aliphatic rings.